The lowest BCUT2D eigenvalue weighted by molar-refractivity contribution is -0.148. The Labute approximate surface area is 114 Å². The fourth-order valence-corrected chi connectivity index (χ4v) is 1.89. The molecule has 1 saturated heterocycles. The lowest BCUT2D eigenvalue weighted by atomic mass is 9.85. The number of aliphatic carboxylic acids is 1. The summed E-state index contributed by atoms with van der Waals surface area (Å²) < 4.78 is 29.7. The highest BCUT2D eigenvalue weighted by Crippen LogP contribution is 2.28. The summed E-state index contributed by atoms with van der Waals surface area (Å²) in [6.07, 6.45) is -2.74. The maximum Gasteiger partial charge on any atom is 0.318 e. The Balaban J connectivity index is 2.69. The molecule has 2 atom stereocenters. The van der Waals surface area contributed by atoms with E-state index in [-0.39, 0.29) is 19.8 Å². The number of urea groups is 1. The minimum Gasteiger partial charge on any atom is -0.481 e. The van der Waals surface area contributed by atoms with Crippen molar-refractivity contribution < 1.29 is 33.3 Å². The molecule has 0 aliphatic carbocycles. The number of nitrogens with zero attached hydrogens (tertiary/aromatic N) is 1. The van der Waals surface area contributed by atoms with Gasteiger partial charge < -0.3 is 25.2 Å². The molecule has 0 saturated carbocycles. The molecule has 0 bridgehead atoms. The molecule has 1 aliphatic rings. The van der Waals surface area contributed by atoms with Gasteiger partial charge in [-0.15, -0.1) is 0 Å². The minimum absolute atomic E-state index is 0.00379. The van der Waals surface area contributed by atoms with Gasteiger partial charge in [-0.2, -0.15) is 0 Å². The van der Waals surface area contributed by atoms with E-state index < -0.39 is 43.0 Å². The maximum absolute atomic E-state index is 12.3. The van der Waals surface area contributed by atoms with Crippen LogP contribution in [0.4, 0.5) is 13.6 Å². The first-order valence-electron chi connectivity index (χ1n) is 6.07. The second-order valence-corrected chi connectivity index (χ2v) is 4.80. The van der Waals surface area contributed by atoms with Crippen molar-refractivity contribution in [3.8, 4) is 0 Å². The number of hydrogen-bond acceptors (Lipinski definition) is 4. The van der Waals surface area contributed by atoms with Gasteiger partial charge in [-0.25, -0.2) is 13.6 Å². The lowest BCUT2D eigenvalue weighted by Crippen LogP contribution is -2.54. The van der Waals surface area contributed by atoms with Gasteiger partial charge in [0, 0.05) is 6.54 Å². The summed E-state index contributed by atoms with van der Waals surface area (Å²) in [4.78, 5) is 23.8. The van der Waals surface area contributed by atoms with Gasteiger partial charge in [-0.1, -0.05) is 0 Å². The Bertz CT molecular complexity index is 369. The van der Waals surface area contributed by atoms with Crippen molar-refractivity contribution in [2.75, 3.05) is 32.9 Å². The van der Waals surface area contributed by atoms with Crippen molar-refractivity contribution in [2.45, 2.75) is 19.4 Å². The molecular weight excluding hydrogens is 278 g/mol. The lowest BCUT2D eigenvalue weighted by Gasteiger charge is -2.29. The predicted octanol–water partition coefficient (Wildman–Crippen LogP) is -0.255. The quantitative estimate of drug-likeness (QED) is 0.627. The van der Waals surface area contributed by atoms with Gasteiger partial charge in [0.15, 0.2) is 0 Å². The number of carboxylic acids is 1. The summed E-state index contributed by atoms with van der Waals surface area (Å²) in [6, 6.07) is -1.66. The number of nitrogens with one attached hydrogen (secondary N) is 1. The van der Waals surface area contributed by atoms with Crippen LogP contribution in [0.25, 0.3) is 0 Å². The largest absolute Gasteiger partial charge is 0.481 e. The van der Waals surface area contributed by atoms with Crippen LogP contribution in [0.1, 0.15) is 6.92 Å². The first-order chi connectivity index (χ1) is 9.31. The van der Waals surface area contributed by atoms with Gasteiger partial charge in [-0.05, 0) is 6.92 Å². The van der Waals surface area contributed by atoms with Crippen LogP contribution in [-0.4, -0.2) is 72.5 Å². The molecule has 1 aliphatic heterocycles. The molecule has 2 amide bonds. The molecule has 1 fully saturated rings. The number of carbonyl (C=O) groups is 2. The molecule has 0 aromatic heterocycles. The Kier molecular flexibility index (Phi) is 5.63. The number of hydrogen-bond donors (Lipinski definition) is 3. The number of rotatable bonds is 6. The van der Waals surface area contributed by atoms with E-state index in [1.807, 2.05) is 0 Å². The molecule has 116 valence electrons. The monoisotopic (exact) mass is 296 g/mol. The van der Waals surface area contributed by atoms with Gasteiger partial charge in [0.2, 0.25) is 0 Å². The van der Waals surface area contributed by atoms with Crippen molar-refractivity contribution in [1.29, 1.82) is 0 Å². The molecule has 20 heavy (non-hydrogen) atoms. The molecule has 0 aromatic carbocycles. The second kappa shape index (κ2) is 6.80. The van der Waals surface area contributed by atoms with Gasteiger partial charge in [0.05, 0.1) is 32.4 Å². The summed E-state index contributed by atoms with van der Waals surface area (Å²) >= 11 is 0. The first kappa shape index (κ1) is 16.6. The van der Waals surface area contributed by atoms with E-state index in [9.17, 15) is 18.4 Å². The van der Waals surface area contributed by atoms with Crippen LogP contribution in [0, 0.1) is 5.41 Å². The second-order valence-electron chi connectivity index (χ2n) is 4.80. The number of amides is 2. The molecule has 1 rings (SSSR count). The molecule has 0 spiro atoms. The number of alkyl halides is 2. The van der Waals surface area contributed by atoms with Gasteiger partial charge >= 0.3 is 12.0 Å². The van der Waals surface area contributed by atoms with Crippen LogP contribution in [0.15, 0.2) is 0 Å². The Hall–Kier alpha value is -1.48. The number of carboxylic acid groups (broad SMARTS) is 1. The van der Waals surface area contributed by atoms with Crippen LogP contribution in [0.5, 0.6) is 0 Å². The van der Waals surface area contributed by atoms with Crippen LogP contribution in [0.2, 0.25) is 0 Å². The smallest absolute Gasteiger partial charge is 0.318 e. The Morgan fingerprint density at radius 3 is 2.70 bits per heavy atom. The van der Waals surface area contributed by atoms with E-state index in [0.717, 1.165) is 4.90 Å². The zero-order chi connectivity index (χ0) is 15.3. The third-order valence-corrected chi connectivity index (χ3v) is 3.26. The van der Waals surface area contributed by atoms with Crippen molar-refractivity contribution in [2.24, 2.45) is 5.41 Å². The van der Waals surface area contributed by atoms with Crippen molar-refractivity contribution in [3.63, 3.8) is 0 Å². The van der Waals surface area contributed by atoms with Crippen LogP contribution < -0.4 is 5.32 Å². The molecule has 7 nitrogen and oxygen atoms in total. The SMILES string of the molecule is CC1(C(=O)O)COCC1NC(=O)N(CCO)CC(F)F. The molecule has 1 heterocycles. The van der Waals surface area contributed by atoms with Crippen LogP contribution >= 0.6 is 0 Å². The van der Waals surface area contributed by atoms with Gasteiger partial charge in [0.1, 0.15) is 5.41 Å². The third-order valence-electron chi connectivity index (χ3n) is 3.26. The van der Waals surface area contributed by atoms with E-state index >= 15 is 0 Å². The third kappa shape index (κ3) is 3.76. The zero-order valence-corrected chi connectivity index (χ0v) is 11.0. The topological polar surface area (TPSA) is 99.1 Å². The van der Waals surface area contributed by atoms with Crippen molar-refractivity contribution >= 4 is 12.0 Å². The standard InChI is InChI=1S/C11H18F2N2O5/c1-11(9(17)18)6-20-5-7(11)14-10(19)15(2-3-16)4-8(12)13/h7-8,16H,2-6H2,1H3,(H,14,19)(H,17,18). The zero-order valence-electron chi connectivity index (χ0n) is 11.0. The van der Waals surface area contributed by atoms with Gasteiger partial charge in [-0.3, -0.25) is 4.79 Å². The highest BCUT2D eigenvalue weighted by molar-refractivity contribution is 5.79. The molecule has 0 aromatic rings. The summed E-state index contributed by atoms with van der Waals surface area (Å²) in [5, 5.41) is 20.3. The Morgan fingerprint density at radius 2 is 2.20 bits per heavy atom. The summed E-state index contributed by atoms with van der Waals surface area (Å²) in [6.45, 7) is -0.204. The first-order valence-corrected chi connectivity index (χ1v) is 6.07. The van der Waals surface area contributed by atoms with E-state index in [0.29, 0.717) is 0 Å². The number of aliphatic hydroxyl groups is 1. The number of carbonyl (C=O) groups excluding carboxylic acids is 1. The van der Waals surface area contributed by atoms with Gasteiger partial charge in [0.25, 0.3) is 6.43 Å². The molecule has 9 heteroatoms. The van der Waals surface area contributed by atoms with Crippen molar-refractivity contribution in [1.82, 2.24) is 10.2 Å². The maximum atomic E-state index is 12.3. The highest BCUT2D eigenvalue weighted by Gasteiger charge is 2.47. The van der Waals surface area contributed by atoms with Crippen LogP contribution in [0.3, 0.4) is 0 Å². The molecule has 0 radical (unpaired) electrons. The molecule has 2 unspecified atom stereocenters. The average molecular weight is 296 g/mol. The molecule has 3 N–H and O–H groups in total. The Morgan fingerprint density at radius 1 is 1.55 bits per heavy atom. The number of ether oxygens (including phenoxy) is 1. The molecular formula is C11H18F2N2O5. The number of halogens is 2. The summed E-state index contributed by atoms with van der Waals surface area (Å²) in [7, 11) is 0. The summed E-state index contributed by atoms with van der Waals surface area (Å²) in [5.74, 6) is -1.14. The van der Waals surface area contributed by atoms with Crippen molar-refractivity contribution in [3.05, 3.63) is 0 Å². The predicted molar refractivity (Wildman–Crippen MR) is 63.5 cm³/mol. The number of aliphatic hydroxyl groups excluding tert-OH is 1. The average Bonchev–Trinajstić information content (AvgIpc) is 2.71. The highest BCUT2D eigenvalue weighted by atomic mass is 19.3. The van der Waals surface area contributed by atoms with E-state index in [4.69, 9.17) is 14.9 Å². The summed E-state index contributed by atoms with van der Waals surface area (Å²) in [5.41, 5.74) is -1.30. The fraction of sp³-hybridized carbons (Fsp3) is 0.818. The van der Waals surface area contributed by atoms with E-state index in [1.165, 1.54) is 6.92 Å². The van der Waals surface area contributed by atoms with Crippen LogP contribution in [-0.2, 0) is 9.53 Å². The minimum atomic E-state index is -2.74. The van der Waals surface area contributed by atoms with E-state index in [2.05, 4.69) is 5.32 Å². The normalized spacial score (nSPS) is 25.8. The van der Waals surface area contributed by atoms with E-state index in [1.54, 1.807) is 0 Å². The fourth-order valence-electron chi connectivity index (χ4n) is 1.89.